The Hall–Kier alpha value is -0.390. The molecule has 1 saturated carbocycles. The molecule has 1 aliphatic heterocycles. The van der Waals surface area contributed by atoms with Gasteiger partial charge in [-0.15, -0.1) is 11.3 Å². The van der Waals surface area contributed by atoms with Gasteiger partial charge in [-0.1, -0.05) is 18.9 Å². The van der Waals surface area contributed by atoms with Gasteiger partial charge in [-0.25, -0.2) is 8.42 Å². The summed E-state index contributed by atoms with van der Waals surface area (Å²) in [7, 11) is -3.24. The first kappa shape index (κ1) is 12.6. The lowest BCUT2D eigenvalue weighted by molar-refractivity contribution is 0.129. The van der Waals surface area contributed by atoms with E-state index in [9.17, 15) is 8.42 Å². The molecule has 1 saturated heterocycles. The van der Waals surface area contributed by atoms with E-state index in [1.54, 1.807) is 10.4 Å². The van der Waals surface area contributed by atoms with Crippen LogP contribution in [-0.4, -0.2) is 25.3 Å². The highest BCUT2D eigenvalue weighted by Gasteiger charge is 2.40. The summed E-state index contributed by atoms with van der Waals surface area (Å²) in [5.41, 5.74) is 0. The molecule has 1 aromatic heterocycles. The fourth-order valence-corrected chi connectivity index (χ4v) is 6.28. The van der Waals surface area contributed by atoms with E-state index in [0.717, 1.165) is 12.8 Å². The van der Waals surface area contributed by atoms with E-state index in [1.807, 2.05) is 11.4 Å². The van der Waals surface area contributed by atoms with E-state index in [1.165, 1.54) is 37.0 Å². The number of thiophene rings is 1. The Bertz CT molecular complexity index is 493. The SMILES string of the molecule is O=S(=O)(c1cccs1)N1CCC[C@H]2CCCC[C@@H]21. The van der Waals surface area contributed by atoms with Crippen molar-refractivity contribution in [1.29, 1.82) is 0 Å². The Kier molecular flexibility index (Phi) is 3.47. The van der Waals surface area contributed by atoms with E-state index in [4.69, 9.17) is 0 Å². The molecule has 0 bridgehead atoms. The second-order valence-electron chi connectivity index (χ2n) is 5.30. The van der Waals surface area contributed by atoms with E-state index in [0.29, 0.717) is 16.7 Å². The van der Waals surface area contributed by atoms with Crippen molar-refractivity contribution in [2.75, 3.05) is 6.54 Å². The zero-order chi connectivity index (χ0) is 12.6. The molecule has 18 heavy (non-hydrogen) atoms. The third-order valence-electron chi connectivity index (χ3n) is 4.25. The van der Waals surface area contributed by atoms with Crippen molar-refractivity contribution in [3.63, 3.8) is 0 Å². The molecule has 3 nitrogen and oxygen atoms in total. The van der Waals surface area contributed by atoms with Crippen molar-refractivity contribution >= 4 is 21.4 Å². The number of hydrogen-bond donors (Lipinski definition) is 0. The standard InChI is InChI=1S/C13H19NO2S2/c15-18(16,13-8-4-10-17-13)14-9-3-6-11-5-1-2-7-12(11)14/h4,8,10-12H,1-3,5-7,9H2/t11-,12+/m1/s1. The second-order valence-corrected chi connectivity index (χ2v) is 8.37. The number of hydrogen-bond acceptors (Lipinski definition) is 3. The molecule has 0 radical (unpaired) electrons. The van der Waals surface area contributed by atoms with Crippen LogP contribution in [0.5, 0.6) is 0 Å². The van der Waals surface area contributed by atoms with Crippen LogP contribution in [0, 0.1) is 5.92 Å². The molecular formula is C13H19NO2S2. The number of rotatable bonds is 2. The van der Waals surface area contributed by atoms with Crippen molar-refractivity contribution < 1.29 is 8.42 Å². The first-order chi connectivity index (χ1) is 8.69. The van der Waals surface area contributed by atoms with E-state index in [-0.39, 0.29) is 6.04 Å². The van der Waals surface area contributed by atoms with Crippen LogP contribution in [0.3, 0.4) is 0 Å². The van der Waals surface area contributed by atoms with Crippen LogP contribution in [0.4, 0.5) is 0 Å². The topological polar surface area (TPSA) is 37.4 Å². The predicted molar refractivity (Wildman–Crippen MR) is 73.2 cm³/mol. The van der Waals surface area contributed by atoms with E-state index >= 15 is 0 Å². The van der Waals surface area contributed by atoms with Gasteiger partial charge in [0.05, 0.1) is 0 Å². The van der Waals surface area contributed by atoms with Crippen LogP contribution in [0.15, 0.2) is 21.7 Å². The molecule has 1 aromatic rings. The Morgan fingerprint density at radius 3 is 2.72 bits per heavy atom. The maximum absolute atomic E-state index is 12.6. The lowest BCUT2D eigenvalue weighted by Crippen LogP contribution is -2.49. The van der Waals surface area contributed by atoms with Gasteiger partial charge in [-0.3, -0.25) is 0 Å². The number of sulfonamides is 1. The van der Waals surface area contributed by atoms with Crippen molar-refractivity contribution in [2.45, 2.75) is 48.8 Å². The highest BCUT2D eigenvalue weighted by Crippen LogP contribution is 2.38. The molecule has 100 valence electrons. The molecular weight excluding hydrogens is 266 g/mol. The summed E-state index contributed by atoms with van der Waals surface area (Å²) in [5, 5.41) is 1.84. The van der Waals surface area contributed by atoms with Gasteiger partial charge in [0.2, 0.25) is 0 Å². The molecule has 2 heterocycles. The first-order valence-corrected chi connectivity index (χ1v) is 9.07. The van der Waals surface area contributed by atoms with Crippen LogP contribution in [-0.2, 0) is 10.0 Å². The highest BCUT2D eigenvalue weighted by molar-refractivity contribution is 7.91. The second kappa shape index (κ2) is 4.94. The van der Waals surface area contributed by atoms with Crippen molar-refractivity contribution in [3.05, 3.63) is 17.5 Å². The molecule has 2 aliphatic rings. The quantitative estimate of drug-likeness (QED) is 0.837. The normalized spacial score (nSPS) is 30.0. The van der Waals surface area contributed by atoms with Gasteiger partial charge < -0.3 is 0 Å². The lowest BCUT2D eigenvalue weighted by atomic mass is 9.79. The maximum Gasteiger partial charge on any atom is 0.252 e. The minimum absolute atomic E-state index is 0.264. The monoisotopic (exact) mass is 285 g/mol. The van der Waals surface area contributed by atoms with Gasteiger partial charge in [0.1, 0.15) is 4.21 Å². The maximum atomic E-state index is 12.6. The molecule has 0 spiro atoms. The molecule has 1 aliphatic carbocycles. The zero-order valence-corrected chi connectivity index (χ0v) is 12.0. The van der Waals surface area contributed by atoms with Gasteiger partial charge >= 0.3 is 0 Å². The van der Waals surface area contributed by atoms with Crippen LogP contribution < -0.4 is 0 Å². The van der Waals surface area contributed by atoms with Crippen LogP contribution in [0.2, 0.25) is 0 Å². The molecule has 5 heteroatoms. The smallest absolute Gasteiger partial charge is 0.206 e. The fraction of sp³-hybridized carbons (Fsp3) is 0.692. The van der Waals surface area contributed by atoms with Crippen molar-refractivity contribution in [1.82, 2.24) is 4.31 Å². The molecule has 0 unspecified atom stereocenters. The number of fused-ring (bicyclic) bond motifs is 1. The summed E-state index contributed by atoms with van der Waals surface area (Å²) in [4.78, 5) is 0. The van der Waals surface area contributed by atoms with Crippen molar-refractivity contribution in [3.8, 4) is 0 Å². The molecule has 0 aromatic carbocycles. The molecule has 0 amide bonds. The van der Waals surface area contributed by atoms with Gasteiger partial charge in [0, 0.05) is 12.6 Å². The van der Waals surface area contributed by atoms with Gasteiger partial charge in [-0.05, 0) is 43.0 Å². The van der Waals surface area contributed by atoms with E-state index in [2.05, 4.69) is 0 Å². The van der Waals surface area contributed by atoms with Crippen LogP contribution in [0.25, 0.3) is 0 Å². The predicted octanol–water partition coefficient (Wildman–Crippen LogP) is 3.09. The third-order valence-corrected chi connectivity index (χ3v) is 7.55. The molecule has 3 rings (SSSR count). The summed E-state index contributed by atoms with van der Waals surface area (Å²) in [6, 6.07) is 3.81. The highest BCUT2D eigenvalue weighted by atomic mass is 32.2. The molecule has 2 fully saturated rings. The Morgan fingerprint density at radius 1 is 1.17 bits per heavy atom. The summed E-state index contributed by atoms with van der Waals surface area (Å²) in [6.45, 7) is 0.710. The van der Waals surface area contributed by atoms with Crippen LogP contribution in [0.1, 0.15) is 38.5 Å². The Morgan fingerprint density at radius 2 is 1.94 bits per heavy atom. The summed E-state index contributed by atoms with van der Waals surface area (Å²) >= 11 is 1.33. The van der Waals surface area contributed by atoms with E-state index < -0.39 is 10.0 Å². The summed E-state index contributed by atoms with van der Waals surface area (Å²) in [6.07, 6.45) is 6.94. The third kappa shape index (κ3) is 2.12. The van der Waals surface area contributed by atoms with Gasteiger partial charge in [0.15, 0.2) is 0 Å². The molecule has 2 atom stereocenters. The number of nitrogens with zero attached hydrogens (tertiary/aromatic N) is 1. The van der Waals surface area contributed by atoms with Crippen LogP contribution >= 0.6 is 11.3 Å². The summed E-state index contributed by atoms with van der Waals surface area (Å²) < 4.78 is 27.6. The molecule has 0 N–H and O–H groups in total. The Balaban J connectivity index is 1.90. The van der Waals surface area contributed by atoms with Gasteiger partial charge in [-0.2, -0.15) is 4.31 Å². The number of piperidine rings is 1. The minimum Gasteiger partial charge on any atom is -0.206 e. The minimum atomic E-state index is -3.24. The van der Waals surface area contributed by atoms with Gasteiger partial charge in [0.25, 0.3) is 10.0 Å². The zero-order valence-electron chi connectivity index (χ0n) is 10.4. The largest absolute Gasteiger partial charge is 0.252 e. The summed E-state index contributed by atoms with van der Waals surface area (Å²) in [5.74, 6) is 0.599. The first-order valence-electron chi connectivity index (χ1n) is 6.75. The average molecular weight is 285 g/mol. The Labute approximate surface area is 113 Å². The lowest BCUT2D eigenvalue weighted by Gasteiger charge is -2.42. The average Bonchev–Trinajstić information content (AvgIpc) is 2.92. The van der Waals surface area contributed by atoms with Crippen molar-refractivity contribution in [2.24, 2.45) is 5.92 Å². The fourth-order valence-electron chi connectivity index (χ4n) is 3.40.